The number of ether oxygens (including phenoxy) is 2. The van der Waals surface area contributed by atoms with Crippen LogP contribution in [0.15, 0.2) is 66.9 Å². The van der Waals surface area contributed by atoms with E-state index in [2.05, 4.69) is 15.6 Å². The number of carbonyl (C=O) groups excluding carboxylic acids is 1. The van der Waals surface area contributed by atoms with Gasteiger partial charge in [0, 0.05) is 0 Å². The number of anilines is 2. The zero-order valence-electron chi connectivity index (χ0n) is 16.0. The Bertz CT molecular complexity index is 931. The predicted molar refractivity (Wildman–Crippen MR) is 110 cm³/mol. The van der Waals surface area contributed by atoms with Crippen LogP contribution >= 0.6 is 0 Å². The van der Waals surface area contributed by atoms with Crippen molar-refractivity contribution in [2.75, 3.05) is 30.9 Å². The summed E-state index contributed by atoms with van der Waals surface area (Å²) in [6.07, 6.45) is 1.66. The first-order valence-corrected chi connectivity index (χ1v) is 9.13. The van der Waals surface area contributed by atoms with Crippen molar-refractivity contribution in [2.24, 2.45) is 0 Å². The zero-order chi connectivity index (χ0) is 20.5. The van der Waals surface area contributed by atoms with Crippen molar-refractivity contribution in [3.63, 3.8) is 0 Å². The lowest BCUT2D eigenvalue weighted by molar-refractivity contribution is -0.115. The summed E-state index contributed by atoms with van der Waals surface area (Å²) in [6, 6.07) is 16.9. The highest BCUT2D eigenvalue weighted by Crippen LogP contribution is 2.17. The number of aromatic nitrogens is 1. The molecule has 0 saturated carbocycles. The van der Waals surface area contributed by atoms with Gasteiger partial charge in [-0.1, -0.05) is 12.1 Å². The van der Waals surface area contributed by atoms with Crippen LogP contribution in [0.25, 0.3) is 0 Å². The molecule has 0 radical (unpaired) electrons. The SMILES string of the molecule is COc1ccc(OCCNc2ccc(NC(=O)Cc3cccc(F)c3)cn2)cc1. The fourth-order valence-electron chi connectivity index (χ4n) is 2.63. The van der Waals surface area contributed by atoms with Crippen molar-refractivity contribution in [3.8, 4) is 11.5 Å². The molecule has 2 N–H and O–H groups in total. The lowest BCUT2D eigenvalue weighted by Gasteiger charge is -2.09. The summed E-state index contributed by atoms with van der Waals surface area (Å²) in [5.41, 5.74) is 1.19. The second-order valence-electron chi connectivity index (χ2n) is 6.24. The van der Waals surface area contributed by atoms with Crippen molar-refractivity contribution in [1.82, 2.24) is 4.98 Å². The number of carbonyl (C=O) groups is 1. The summed E-state index contributed by atoms with van der Waals surface area (Å²) in [4.78, 5) is 16.3. The highest BCUT2D eigenvalue weighted by molar-refractivity contribution is 5.92. The van der Waals surface area contributed by atoms with Gasteiger partial charge >= 0.3 is 0 Å². The van der Waals surface area contributed by atoms with Crippen LogP contribution in [0.4, 0.5) is 15.9 Å². The average molecular weight is 395 g/mol. The lowest BCUT2D eigenvalue weighted by Crippen LogP contribution is -2.15. The Labute approximate surface area is 168 Å². The molecule has 0 atom stereocenters. The van der Waals surface area contributed by atoms with Crippen LogP contribution in [-0.4, -0.2) is 31.2 Å². The Morgan fingerprint density at radius 3 is 2.55 bits per heavy atom. The summed E-state index contributed by atoms with van der Waals surface area (Å²) < 4.78 is 23.9. The van der Waals surface area contributed by atoms with E-state index in [1.807, 2.05) is 24.3 Å². The van der Waals surface area contributed by atoms with Crippen molar-refractivity contribution in [2.45, 2.75) is 6.42 Å². The van der Waals surface area contributed by atoms with Gasteiger partial charge in [-0.25, -0.2) is 9.37 Å². The van der Waals surface area contributed by atoms with Gasteiger partial charge in [-0.15, -0.1) is 0 Å². The molecule has 150 valence electrons. The van der Waals surface area contributed by atoms with Crippen LogP contribution < -0.4 is 20.1 Å². The highest BCUT2D eigenvalue weighted by atomic mass is 19.1. The Morgan fingerprint density at radius 1 is 1.07 bits per heavy atom. The second kappa shape index (κ2) is 10.1. The maximum absolute atomic E-state index is 13.2. The van der Waals surface area contributed by atoms with Gasteiger partial charge in [0.05, 0.1) is 32.0 Å². The number of halogens is 1. The molecule has 3 rings (SSSR count). The number of benzene rings is 2. The first kappa shape index (κ1) is 20.1. The summed E-state index contributed by atoms with van der Waals surface area (Å²) in [7, 11) is 1.62. The van der Waals surface area contributed by atoms with Crippen LogP contribution in [0.3, 0.4) is 0 Å². The molecule has 1 heterocycles. The zero-order valence-corrected chi connectivity index (χ0v) is 16.0. The van der Waals surface area contributed by atoms with E-state index in [1.54, 1.807) is 37.6 Å². The van der Waals surface area contributed by atoms with E-state index in [0.29, 0.717) is 30.2 Å². The third-order valence-electron chi connectivity index (χ3n) is 4.04. The minimum absolute atomic E-state index is 0.0977. The molecule has 6 nitrogen and oxygen atoms in total. The van der Waals surface area contributed by atoms with Gasteiger partial charge in [0.15, 0.2) is 0 Å². The molecule has 2 aromatic carbocycles. The van der Waals surface area contributed by atoms with E-state index in [9.17, 15) is 9.18 Å². The number of hydrogen-bond acceptors (Lipinski definition) is 5. The fourth-order valence-corrected chi connectivity index (χ4v) is 2.63. The van der Waals surface area contributed by atoms with Crippen molar-refractivity contribution < 1.29 is 18.7 Å². The van der Waals surface area contributed by atoms with Crippen LogP contribution in [0.1, 0.15) is 5.56 Å². The molecule has 0 fully saturated rings. The van der Waals surface area contributed by atoms with Crippen LogP contribution in [0.5, 0.6) is 11.5 Å². The standard InChI is InChI=1S/C22H22FN3O3/c1-28-19-6-8-20(9-7-19)29-12-11-24-21-10-5-18(15-25-21)26-22(27)14-16-3-2-4-17(23)13-16/h2-10,13,15H,11-12,14H2,1H3,(H,24,25)(H,26,27). The molecule has 0 aliphatic rings. The highest BCUT2D eigenvalue weighted by Gasteiger charge is 2.05. The van der Waals surface area contributed by atoms with E-state index >= 15 is 0 Å². The average Bonchev–Trinajstić information content (AvgIpc) is 2.73. The van der Waals surface area contributed by atoms with Crippen molar-refractivity contribution in [1.29, 1.82) is 0 Å². The minimum atomic E-state index is -0.358. The number of nitrogens with one attached hydrogen (secondary N) is 2. The summed E-state index contributed by atoms with van der Waals surface area (Å²) in [5, 5.41) is 5.90. The van der Waals surface area contributed by atoms with E-state index < -0.39 is 0 Å². The Kier molecular flexibility index (Phi) is 7.00. The minimum Gasteiger partial charge on any atom is -0.497 e. The van der Waals surface area contributed by atoms with Gasteiger partial charge in [0.25, 0.3) is 0 Å². The van der Waals surface area contributed by atoms with E-state index in [4.69, 9.17) is 9.47 Å². The number of pyridine rings is 1. The van der Waals surface area contributed by atoms with Gasteiger partial charge in [0.1, 0.15) is 29.7 Å². The Balaban J connectivity index is 1.40. The molecule has 0 spiro atoms. The quantitative estimate of drug-likeness (QED) is 0.538. The van der Waals surface area contributed by atoms with E-state index in [-0.39, 0.29) is 18.1 Å². The molecule has 3 aromatic rings. The smallest absolute Gasteiger partial charge is 0.228 e. The number of nitrogens with zero attached hydrogens (tertiary/aromatic N) is 1. The predicted octanol–water partition coefficient (Wildman–Crippen LogP) is 3.90. The monoisotopic (exact) mass is 395 g/mol. The van der Waals surface area contributed by atoms with Gasteiger partial charge in [-0.3, -0.25) is 4.79 Å². The van der Waals surface area contributed by atoms with Crippen molar-refractivity contribution >= 4 is 17.4 Å². The molecule has 0 bridgehead atoms. The van der Waals surface area contributed by atoms with E-state index in [1.165, 1.54) is 12.1 Å². The van der Waals surface area contributed by atoms with Crippen LogP contribution in [0, 0.1) is 5.82 Å². The van der Waals surface area contributed by atoms with E-state index in [0.717, 1.165) is 11.5 Å². The van der Waals surface area contributed by atoms with Gasteiger partial charge in [-0.2, -0.15) is 0 Å². The molecule has 0 unspecified atom stereocenters. The van der Waals surface area contributed by atoms with Crippen LogP contribution in [0.2, 0.25) is 0 Å². The molecular weight excluding hydrogens is 373 g/mol. The number of hydrogen-bond donors (Lipinski definition) is 2. The summed E-state index contributed by atoms with van der Waals surface area (Å²) in [6.45, 7) is 1.05. The third kappa shape index (κ3) is 6.49. The summed E-state index contributed by atoms with van der Waals surface area (Å²) >= 11 is 0. The summed E-state index contributed by atoms with van der Waals surface area (Å²) in [5.74, 6) is 1.63. The molecule has 29 heavy (non-hydrogen) atoms. The first-order valence-electron chi connectivity index (χ1n) is 9.13. The molecule has 1 amide bonds. The maximum atomic E-state index is 13.2. The third-order valence-corrected chi connectivity index (χ3v) is 4.04. The molecule has 1 aromatic heterocycles. The van der Waals surface area contributed by atoms with Gasteiger partial charge in [0.2, 0.25) is 5.91 Å². The van der Waals surface area contributed by atoms with Crippen molar-refractivity contribution in [3.05, 3.63) is 78.2 Å². The van der Waals surface area contributed by atoms with Gasteiger partial charge < -0.3 is 20.1 Å². The number of rotatable bonds is 9. The Morgan fingerprint density at radius 2 is 1.86 bits per heavy atom. The normalized spacial score (nSPS) is 10.3. The number of amides is 1. The molecule has 0 aliphatic carbocycles. The Hall–Kier alpha value is -3.61. The molecule has 7 heteroatoms. The molecule has 0 aliphatic heterocycles. The largest absolute Gasteiger partial charge is 0.497 e. The molecule has 0 saturated heterocycles. The first-order chi connectivity index (χ1) is 14.1. The topological polar surface area (TPSA) is 72.5 Å². The lowest BCUT2D eigenvalue weighted by atomic mass is 10.1. The number of methoxy groups -OCH3 is 1. The molecular formula is C22H22FN3O3. The van der Waals surface area contributed by atoms with Crippen LogP contribution in [-0.2, 0) is 11.2 Å². The maximum Gasteiger partial charge on any atom is 0.228 e. The second-order valence-corrected chi connectivity index (χ2v) is 6.24. The fraction of sp³-hybridized carbons (Fsp3) is 0.182. The van der Waals surface area contributed by atoms with Gasteiger partial charge in [-0.05, 0) is 54.1 Å².